The van der Waals surface area contributed by atoms with Crippen LogP contribution in [0.2, 0.25) is 6.04 Å². The van der Waals surface area contributed by atoms with E-state index in [2.05, 4.69) is 6.92 Å². The van der Waals surface area contributed by atoms with Crippen molar-refractivity contribution in [1.29, 1.82) is 0 Å². The second kappa shape index (κ2) is 10.8. The maximum Gasteiger partial charge on any atom is 0.504 e. The van der Waals surface area contributed by atoms with Crippen molar-refractivity contribution in [3.63, 3.8) is 0 Å². The summed E-state index contributed by atoms with van der Waals surface area (Å²) < 4.78 is 28.3. The third-order valence-electron chi connectivity index (χ3n) is 2.44. The molecule has 5 nitrogen and oxygen atoms in total. The van der Waals surface area contributed by atoms with E-state index in [0.717, 1.165) is 18.9 Å². The first-order valence-electron chi connectivity index (χ1n) is 7.17. The molecule has 0 saturated carbocycles. The molecule has 6 heteroatoms. The fraction of sp³-hybridized carbons (Fsp3) is 1.00. The van der Waals surface area contributed by atoms with E-state index in [0.29, 0.717) is 13.2 Å². The summed E-state index contributed by atoms with van der Waals surface area (Å²) in [5.41, 5.74) is 0. The summed E-state index contributed by atoms with van der Waals surface area (Å²) >= 11 is 0. The third kappa shape index (κ3) is 8.01. The van der Waals surface area contributed by atoms with Gasteiger partial charge in [-0.3, -0.25) is 0 Å². The summed E-state index contributed by atoms with van der Waals surface area (Å²) in [5, 5.41) is 0. The van der Waals surface area contributed by atoms with Gasteiger partial charge < -0.3 is 22.8 Å². The van der Waals surface area contributed by atoms with Gasteiger partial charge in [0.15, 0.2) is 0 Å². The normalized spacial score (nSPS) is 15.2. The van der Waals surface area contributed by atoms with E-state index < -0.39 is 15.3 Å². The molecule has 0 radical (unpaired) electrons. The molecule has 0 aromatic carbocycles. The minimum atomic E-state index is -2.74. The van der Waals surface area contributed by atoms with Crippen LogP contribution in [-0.4, -0.2) is 41.7 Å². The van der Waals surface area contributed by atoms with Crippen LogP contribution in [0, 0.1) is 0 Å². The highest BCUT2D eigenvalue weighted by molar-refractivity contribution is 6.60. The van der Waals surface area contributed by atoms with Crippen LogP contribution < -0.4 is 0 Å². The second-order valence-corrected chi connectivity index (χ2v) is 7.22. The number of ether oxygens (including phenoxy) is 2. The Morgan fingerprint density at radius 1 is 0.947 bits per heavy atom. The minimum absolute atomic E-state index is 0.0485. The standard InChI is InChI=1S/C13H30O5Si/c1-7-10-11-19(14-6,17-12(4)5)18-13(15-8-2)16-9-3/h12-13H,7-11H2,1-6H3. The van der Waals surface area contributed by atoms with Crippen LogP contribution >= 0.6 is 0 Å². The predicted molar refractivity (Wildman–Crippen MR) is 76.8 cm³/mol. The van der Waals surface area contributed by atoms with Crippen molar-refractivity contribution in [3.8, 4) is 0 Å². The Kier molecular flexibility index (Phi) is 10.8. The molecule has 0 aliphatic rings. The molecule has 0 amide bonds. The first-order chi connectivity index (χ1) is 9.03. The van der Waals surface area contributed by atoms with Crippen LogP contribution in [0.4, 0.5) is 0 Å². The Bertz CT molecular complexity index is 209. The number of hydrogen-bond donors (Lipinski definition) is 0. The zero-order valence-corrected chi connectivity index (χ0v) is 14.2. The zero-order valence-electron chi connectivity index (χ0n) is 13.2. The Morgan fingerprint density at radius 2 is 1.53 bits per heavy atom. The molecule has 0 bridgehead atoms. The average molecular weight is 294 g/mol. The molecule has 1 atom stereocenters. The van der Waals surface area contributed by atoms with Gasteiger partial charge >= 0.3 is 8.80 Å². The van der Waals surface area contributed by atoms with E-state index in [1.807, 2.05) is 27.7 Å². The van der Waals surface area contributed by atoms with Gasteiger partial charge in [-0.15, -0.1) is 0 Å². The lowest BCUT2D eigenvalue weighted by Gasteiger charge is -2.33. The summed E-state index contributed by atoms with van der Waals surface area (Å²) in [4.78, 5) is 0. The van der Waals surface area contributed by atoms with E-state index in [1.54, 1.807) is 7.11 Å². The first-order valence-corrected chi connectivity index (χ1v) is 9.10. The van der Waals surface area contributed by atoms with Crippen LogP contribution in [0.5, 0.6) is 0 Å². The largest absolute Gasteiger partial charge is 0.504 e. The first kappa shape index (κ1) is 19.0. The second-order valence-electron chi connectivity index (χ2n) is 4.47. The minimum Gasteiger partial charge on any atom is -0.377 e. The van der Waals surface area contributed by atoms with E-state index in [4.69, 9.17) is 22.8 Å². The molecule has 0 aliphatic heterocycles. The van der Waals surface area contributed by atoms with Gasteiger partial charge in [-0.05, 0) is 34.1 Å². The van der Waals surface area contributed by atoms with Crippen LogP contribution in [0.3, 0.4) is 0 Å². The highest BCUT2D eigenvalue weighted by Crippen LogP contribution is 2.22. The smallest absolute Gasteiger partial charge is 0.377 e. The molecular formula is C13H30O5Si. The summed E-state index contributed by atoms with van der Waals surface area (Å²) in [6.07, 6.45) is 2.11. The van der Waals surface area contributed by atoms with Crippen LogP contribution in [0.1, 0.15) is 47.5 Å². The molecular weight excluding hydrogens is 264 g/mol. The van der Waals surface area contributed by atoms with Gasteiger partial charge in [-0.2, -0.15) is 0 Å². The van der Waals surface area contributed by atoms with Gasteiger partial charge in [0.2, 0.25) is 0 Å². The Labute approximate surface area is 118 Å². The lowest BCUT2D eigenvalue weighted by Crippen LogP contribution is -2.50. The Hall–Kier alpha value is 0.0169. The van der Waals surface area contributed by atoms with Crippen LogP contribution in [0.25, 0.3) is 0 Å². The quantitative estimate of drug-likeness (QED) is 0.409. The fourth-order valence-corrected chi connectivity index (χ4v) is 4.25. The van der Waals surface area contributed by atoms with Gasteiger partial charge in [0.1, 0.15) is 0 Å². The molecule has 116 valence electrons. The van der Waals surface area contributed by atoms with Gasteiger partial charge in [0.25, 0.3) is 6.48 Å². The van der Waals surface area contributed by atoms with Gasteiger partial charge in [0.05, 0.1) is 0 Å². The Morgan fingerprint density at radius 3 is 1.89 bits per heavy atom. The average Bonchev–Trinajstić information content (AvgIpc) is 2.36. The molecule has 0 spiro atoms. The summed E-state index contributed by atoms with van der Waals surface area (Å²) in [5.74, 6) is 0. The molecule has 0 rings (SSSR count). The zero-order chi connectivity index (χ0) is 14.7. The number of rotatable bonds is 12. The van der Waals surface area contributed by atoms with Gasteiger partial charge in [0, 0.05) is 32.5 Å². The molecule has 0 aliphatic carbocycles. The van der Waals surface area contributed by atoms with E-state index in [-0.39, 0.29) is 6.10 Å². The maximum absolute atomic E-state index is 5.95. The monoisotopic (exact) mass is 294 g/mol. The topological polar surface area (TPSA) is 46.2 Å². The summed E-state index contributed by atoms with van der Waals surface area (Å²) in [7, 11) is -1.10. The van der Waals surface area contributed by atoms with Crippen molar-refractivity contribution in [2.45, 2.75) is 66.1 Å². The lowest BCUT2D eigenvalue weighted by molar-refractivity contribution is -0.262. The molecule has 0 fully saturated rings. The van der Waals surface area contributed by atoms with Crippen molar-refractivity contribution in [1.82, 2.24) is 0 Å². The molecule has 0 heterocycles. The SMILES string of the molecule is CCCC[Si](OC)(OC(C)C)OC(OCC)OCC. The highest BCUT2D eigenvalue weighted by atomic mass is 28.4. The van der Waals surface area contributed by atoms with Crippen LogP contribution in [-0.2, 0) is 22.8 Å². The molecule has 1 unspecified atom stereocenters. The van der Waals surface area contributed by atoms with Gasteiger partial charge in [-0.25, -0.2) is 0 Å². The predicted octanol–water partition coefficient (Wildman–Crippen LogP) is 3.17. The Balaban J connectivity index is 4.75. The lowest BCUT2D eigenvalue weighted by atomic mass is 10.4. The molecule has 0 aromatic rings. The van der Waals surface area contributed by atoms with Crippen molar-refractivity contribution in [2.75, 3.05) is 20.3 Å². The number of unbranched alkanes of at least 4 members (excludes halogenated alkanes) is 1. The van der Waals surface area contributed by atoms with Gasteiger partial charge in [-0.1, -0.05) is 13.3 Å². The molecule has 0 saturated heterocycles. The third-order valence-corrected chi connectivity index (χ3v) is 5.41. The van der Waals surface area contributed by atoms with Crippen molar-refractivity contribution in [2.24, 2.45) is 0 Å². The van der Waals surface area contributed by atoms with E-state index in [1.165, 1.54) is 0 Å². The van der Waals surface area contributed by atoms with Crippen LogP contribution in [0.15, 0.2) is 0 Å². The number of hydrogen-bond acceptors (Lipinski definition) is 5. The maximum atomic E-state index is 5.95. The van der Waals surface area contributed by atoms with Crippen molar-refractivity contribution >= 4 is 8.80 Å². The molecule has 0 aromatic heterocycles. The van der Waals surface area contributed by atoms with Crippen molar-refractivity contribution < 1.29 is 22.8 Å². The van der Waals surface area contributed by atoms with E-state index in [9.17, 15) is 0 Å². The molecule has 0 N–H and O–H groups in total. The fourth-order valence-electron chi connectivity index (χ4n) is 1.63. The highest BCUT2D eigenvalue weighted by Gasteiger charge is 2.43. The summed E-state index contributed by atoms with van der Waals surface area (Å²) in [6, 6.07) is 0.773. The summed E-state index contributed by atoms with van der Waals surface area (Å²) in [6.45, 7) is 10.2. The molecule has 19 heavy (non-hydrogen) atoms. The van der Waals surface area contributed by atoms with E-state index >= 15 is 0 Å². The van der Waals surface area contributed by atoms with Crippen molar-refractivity contribution in [3.05, 3.63) is 0 Å².